The average Bonchev–Trinajstić information content (AvgIpc) is 2.28. The van der Waals surface area contributed by atoms with Gasteiger partial charge in [0.05, 0.1) is 5.56 Å². The smallest absolute Gasteiger partial charge is 0.326 e. The summed E-state index contributed by atoms with van der Waals surface area (Å²) in [6.07, 6.45) is -3.48. The minimum absolute atomic E-state index is 0.166. The molecule has 0 aliphatic rings. The van der Waals surface area contributed by atoms with Crippen LogP contribution in [0.1, 0.15) is 18.4 Å². The molecule has 0 saturated heterocycles. The van der Waals surface area contributed by atoms with Gasteiger partial charge in [-0.2, -0.15) is 13.2 Å². The van der Waals surface area contributed by atoms with Gasteiger partial charge in [0.15, 0.2) is 0 Å². The van der Waals surface area contributed by atoms with E-state index in [1.807, 2.05) is 0 Å². The van der Waals surface area contributed by atoms with E-state index in [-0.39, 0.29) is 18.0 Å². The third-order valence-electron chi connectivity index (χ3n) is 2.30. The van der Waals surface area contributed by atoms with Gasteiger partial charge in [0.1, 0.15) is 0 Å². The van der Waals surface area contributed by atoms with Crippen molar-refractivity contribution in [1.82, 2.24) is 5.32 Å². The van der Waals surface area contributed by atoms with Gasteiger partial charge in [0.2, 0.25) is 5.91 Å². The van der Waals surface area contributed by atoms with E-state index < -0.39 is 11.7 Å². The summed E-state index contributed by atoms with van der Waals surface area (Å²) in [5.74, 6) is -0.287. The van der Waals surface area contributed by atoms with Crippen molar-refractivity contribution in [2.75, 3.05) is 18.9 Å². The lowest BCUT2D eigenvalue weighted by atomic mass is 10.2. The number of hydrogen-bond donors (Lipinski definition) is 2. The molecular weight excluding hydrogens is 245 g/mol. The lowest BCUT2D eigenvalue weighted by Crippen LogP contribution is -2.15. The van der Waals surface area contributed by atoms with E-state index in [1.165, 1.54) is 12.1 Å². The number of halogens is 3. The number of carbonyl (C=O) groups is 1. The molecular formula is C12H15F3N2O. The van der Waals surface area contributed by atoms with E-state index in [0.29, 0.717) is 13.0 Å². The lowest BCUT2D eigenvalue weighted by molar-refractivity contribution is -0.137. The van der Waals surface area contributed by atoms with Gasteiger partial charge in [-0.05, 0) is 38.2 Å². The first-order valence-corrected chi connectivity index (χ1v) is 5.55. The molecule has 0 aromatic heterocycles. The SMILES string of the molecule is CNCCCC(=O)Nc1cccc(C(F)(F)F)c1. The molecule has 18 heavy (non-hydrogen) atoms. The van der Waals surface area contributed by atoms with Crippen molar-refractivity contribution in [2.45, 2.75) is 19.0 Å². The Kier molecular flexibility index (Phi) is 5.15. The minimum atomic E-state index is -4.40. The van der Waals surface area contributed by atoms with E-state index in [1.54, 1.807) is 7.05 Å². The third kappa shape index (κ3) is 4.75. The van der Waals surface area contributed by atoms with Crippen LogP contribution in [0.15, 0.2) is 24.3 Å². The van der Waals surface area contributed by atoms with Crippen LogP contribution in [-0.4, -0.2) is 19.5 Å². The maximum atomic E-state index is 12.4. The lowest BCUT2D eigenvalue weighted by Gasteiger charge is -2.09. The van der Waals surface area contributed by atoms with Crippen LogP contribution < -0.4 is 10.6 Å². The van der Waals surface area contributed by atoms with E-state index in [4.69, 9.17) is 0 Å². The highest BCUT2D eigenvalue weighted by Gasteiger charge is 2.30. The molecule has 6 heteroatoms. The predicted molar refractivity (Wildman–Crippen MR) is 63.2 cm³/mol. The molecule has 1 rings (SSSR count). The third-order valence-corrected chi connectivity index (χ3v) is 2.30. The fourth-order valence-corrected chi connectivity index (χ4v) is 1.42. The average molecular weight is 260 g/mol. The summed E-state index contributed by atoms with van der Waals surface area (Å²) in [5.41, 5.74) is -0.602. The van der Waals surface area contributed by atoms with Crippen molar-refractivity contribution in [2.24, 2.45) is 0 Å². The Morgan fingerprint density at radius 2 is 2.06 bits per heavy atom. The van der Waals surface area contributed by atoms with Crippen LogP contribution in [0.25, 0.3) is 0 Å². The monoisotopic (exact) mass is 260 g/mol. The molecule has 1 aromatic rings. The standard InChI is InChI=1S/C12H15F3N2O/c1-16-7-3-6-11(18)17-10-5-2-4-9(8-10)12(13,14)15/h2,4-5,8,16H,3,6-7H2,1H3,(H,17,18). The van der Waals surface area contributed by atoms with Crippen molar-refractivity contribution < 1.29 is 18.0 Å². The first-order chi connectivity index (χ1) is 8.43. The molecule has 0 radical (unpaired) electrons. The summed E-state index contributed by atoms with van der Waals surface area (Å²) >= 11 is 0. The van der Waals surface area contributed by atoms with Gasteiger partial charge < -0.3 is 10.6 Å². The van der Waals surface area contributed by atoms with Crippen LogP contribution in [0.3, 0.4) is 0 Å². The Labute approximate surface area is 103 Å². The van der Waals surface area contributed by atoms with Gasteiger partial charge >= 0.3 is 6.18 Å². The first kappa shape index (κ1) is 14.5. The fraction of sp³-hybridized carbons (Fsp3) is 0.417. The van der Waals surface area contributed by atoms with Crippen LogP contribution in [0, 0.1) is 0 Å². The Hall–Kier alpha value is -1.56. The number of carbonyl (C=O) groups excluding carboxylic acids is 1. The zero-order valence-corrected chi connectivity index (χ0v) is 9.97. The van der Waals surface area contributed by atoms with Crippen LogP contribution in [0.4, 0.5) is 18.9 Å². The number of alkyl halides is 3. The summed E-state index contributed by atoms with van der Waals surface area (Å²) in [6.45, 7) is 0.690. The van der Waals surface area contributed by atoms with E-state index in [2.05, 4.69) is 10.6 Å². The molecule has 0 aliphatic carbocycles. The molecule has 0 bridgehead atoms. The minimum Gasteiger partial charge on any atom is -0.326 e. The fourth-order valence-electron chi connectivity index (χ4n) is 1.42. The van der Waals surface area contributed by atoms with Gasteiger partial charge in [-0.1, -0.05) is 6.07 Å². The molecule has 100 valence electrons. The van der Waals surface area contributed by atoms with Gasteiger partial charge in [-0.25, -0.2) is 0 Å². The predicted octanol–water partition coefficient (Wildman–Crippen LogP) is 2.64. The summed E-state index contributed by atoms with van der Waals surface area (Å²) in [7, 11) is 1.77. The van der Waals surface area contributed by atoms with Crippen molar-refractivity contribution in [3.8, 4) is 0 Å². The van der Waals surface area contributed by atoms with Gasteiger partial charge in [0, 0.05) is 12.1 Å². The molecule has 0 fully saturated rings. The molecule has 0 aliphatic heterocycles. The first-order valence-electron chi connectivity index (χ1n) is 5.55. The molecule has 0 heterocycles. The van der Waals surface area contributed by atoms with Gasteiger partial charge in [-0.3, -0.25) is 4.79 Å². The van der Waals surface area contributed by atoms with Gasteiger partial charge in [0.25, 0.3) is 0 Å². The molecule has 2 N–H and O–H groups in total. The second-order valence-electron chi connectivity index (χ2n) is 3.83. The number of anilines is 1. The molecule has 0 spiro atoms. The molecule has 1 amide bonds. The van der Waals surface area contributed by atoms with E-state index in [9.17, 15) is 18.0 Å². The Morgan fingerprint density at radius 1 is 1.33 bits per heavy atom. The largest absolute Gasteiger partial charge is 0.416 e. The van der Waals surface area contributed by atoms with E-state index >= 15 is 0 Å². The van der Waals surface area contributed by atoms with Crippen molar-refractivity contribution in [3.63, 3.8) is 0 Å². The van der Waals surface area contributed by atoms with Crippen LogP contribution in [0.5, 0.6) is 0 Å². The Bertz CT molecular complexity index is 405. The second-order valence-corrected chi connectivity index (χ2v) is 3.83. The highest BCUT2D eigenvalue weighted by molar-refractivity contribution is 5.90. The maximum absolute atomic E-state index is 12.4. The zero-order chi connectivity index (χ0) is 13.6. The van der Waals surface area contributed by atoms with Crippen LogP contribution in [0.2, 0.25) is 0 Å². The van der Waals surface area contributed by atoms with Crippen LogP contribution in [-0.2, 0) is 11.0 Å². The molecule has 3 nitrogen and oxygen atoms in total. The van der Waals surface area contributed by atoms with Crippen LogP contribution >= 0.6 is 0 Å². The molecule has 0 unspecified atom stereocenters. The molecule has 0 atom stereocenters. The Balaban J connectivity index is 2.60. The summed E-state index contributed by atoms with van der Waals surface area (Å²) in [5, 5.41) is 5.33. The number of rotatable bonds is 5. The number of amides is 1. The highest BCUT2D eigenvalue weighted by Crippen LogP contribution is 2.30. The number of hydrogen-bond acceptors (Lipinski definition) is 2. The maximum Gasteiger partial charge on any atom is 0.416 e. The Morgan fingerprint density at radius 3 is 2.67 bits per heavy atom. The second kappa shape index (κ2) is 6.39. The van der Waals surface area contributed by atoms with Crippen molar-refractivity contribution >= 4 is 11.6 Å². The van der Waals surface area contributed by atoms with Crippen molar-refractivity contribution in [1.29, 1.82) is 0 Å². The topological polar surface area (TPSA) is 41.1 Å². The normalized spacial score (nSPS) is 11.3. The number of nitrogens with one attached hydrogen (secondary N) is 2. The molecule has 1 aromatic carbocycles. The quantitative estimate of drug-likeness (QED) is 0.799. The summed E-state index contributed by atoms with van der Waals surface area (Å²) in [6, 6.07) is 4.60. The van der Waals surface area contributed by atoms with E-state index in [0.717, 1.165) is 12.1 Å². The summed E-state index contributed by atoms with van der Waals surface area (Å²) in [4.78, 5) is 11.4. The van der Waals surface area contributed by atoms with Crippen molar-refractivity contribution in [3.05, 3.63) is 29.8 Å². The van der Waals surface area contributed by atoms with Gasteiger partial charge in [-0.15, -0.1) is 0 Å². The summed E-state index contributed by atoms with van der Waals surface area (Å²) < 4.78 is 37.3. The highest BCUT2D eigenvalue weighted by atomic mass is 19.4. The molecule has 0 saturated carbocycles. The number of benzene rings is 1. The zero-order valence-electron chi connectivity index (χ0n) is 9.97.